The van der Waals surface area contributed by atoms with Gasteiger partial charge in [0, 0.05) is 13.2 Å². The van der Waals surface area contributed by atoms with Gasteiger partial charge in [0.1, 0.15) is 6.04 Å². The fourth-order valence-electron chi connectivity index (χ4n) is 2.06. The minimum atomic E-state index is -0.601. The number of carbonyl (C=O) groups excluding carboxylic acids is 1. The van der Waals surface area contributed by atoms with Crippen molar-refractivity contribution in [2.75, 3.05) is 26.9 Å². The zero-order valence-corrected chi connectivity index (χ0v) is 14.1. The molecule has 0 bridgehead atoms. The molecular formula is C16H33NO4. The Kier molecular flexibility index (Phi) is 12.6. The molecule has 5 heteroatoms. The van der Waals surface area contributed by atoms with Gasteiger partial charge >= 0.3 is 5.97 Å². The lowest BCUT2D eigenvalue weighted by Crippen LogP contribution is -2.43. The Morgan fingerprint density at radius 3 is 2.52 bits per heavy atom. The third-order valence-corrected chi connectivity index (χ3v) is 3.25. The van der Waals surface area contributed by atoms with E-state index < -0.39 is 6.10 Å². The molecule has 0 aromatic rings. The van der Waals surface area contributed by atoms with Crippen molar-refractivity contribution in [3.05, 3.63) is 0 Å². The number of esters is 1. The molecular weight excluding hydrogens is 270 g/mol. The quantitative estimate of drug-likeness (QED) is 0.403. The van der Waals surface area contributed by atoms with Gasteiger partial charge in [-0.25, -0.2) is 0 Å². The first-order chi connectivity index (χ1) is 10.0. The minimum absolute atomic E-state index is 0.281. The summed E-state index contributed by atoms with van der Waals surface area (Å²) in [5.41, 5.74) is 0. The number of nitrogens with one attached hydrogen (secondary N) is 1. The first kappa shape index (κ1) is 20.3. The Labute approximate surface area is 129 Å². The van der Waals surface area contributed by atoms with Gasteiger partial charge in [-0.2, -0.15) is 0 Å². The molecule has 0 aromatic carbocycles. The van der Waals surface area contributed by atoms with Gasteiger partial charge in [0.05, 0.1) is 19.8 Å². The molecule has 0 rings (SSSR count). The number of ether oxygens (including phenoxy) is 2. The SMILES string of the molecule is CCCCCCOCC(O)CNC(CC(C)C)C(=O)OC. The first-order valence-corrected chi connectivity index (χ1v) is 8.08. The van der Waals surface area contributed by atoms with Crippen molar-refractivity contribution in [3.8, 4) is 0 Å². The molecule has 2 N–H and O–H groups in total. The Balaban J connectivity index is 3.81. The second-order valence-electron chi connectivity index (χ2n) is 5.90. The number of methoxy groups -OCH3 is 1. The van der Waals surface area contributed by atoms with Crippen LogP contribution < -0.4 is 5.32 Å². The second kappa shape index (κ2) is 13.0. The standard InChI is InChI=1S/C16H33NO4/c1-5-6-7-8-9-21-12-14(18)11-17-15(10-13(2)3)16(19)20-4/h13-15,17-18H,5-12H2,1-4H3. The summed E-state index contributed by atoms with van der Waals surface area (Å²) < 4.78 is 10.2. The van der Waals surface area contributed by atoms with Gasteiger partial charge in [-0.3, -0.25) is 4.79 Å². The number of rotatable bonds is 13. The van der Waals surface area contributed by atoms with Crippen molar-refractivity contribution < 1.29 is 19.4 Å². The van der Waals surface area contributed by atoms with Crippen LogP contribution in [0.2, 0.25) is 0 Å². The van der Waals surface area contributed by atoms with E-state index in [4.69, 9.17) is 9.47 Å². The lowest BCUT2D eigenvalue weighted by molar-refractivity contribution is -0.143. The molecule has 5 nitrogen and oxygen atoms in total. The highest BCUT2D eigenvalue weighted by Crippen LogP contribution is 2.06. The van der Waals surface area contributed by atoms with Gasteiger partial charge in [-0.1, -0.05) is 40.0 Å². The molecule has 0 aliphatic heterocycles. The van der Waals surface area contributed by atoms with Crippen LogP contribution in [0, 0.1) is 5.92 Å². The molecule has 2 unspecified atom stereocenters. The summed E-state index contributed by atoms with van der Waals surface area (Å²) in [5.74, 6) is 0.102. The average Bonchev–Trinajstić information content (AvgIpc) is 2.45. The van der Waals surface area contributed by atoms with Crippen molar-refractivity contribution in [2.24, 2.45) is 5.92 Å². The fraction of sp³-hybridized carbons (Fsp3) is 0.938. The topological polar surface area (TPSA) is 67.8 Å². The smallest absolute Gasteiger partial charge is 0.322 e. The number of hydrogen-bond acceptors (Lipinski definition) is 5. The Hall–Kier alpha value is -0.650. The van der Waals surface area contributed by atoms with Gasteiger partial charge in [-0.05, 0) is 18.8 Å². The maximum atomic E-state index is 11.6. The number of aliphatic hydroxyl groups excluding tert-OH is 1. The van der Waals surface area contributed by atoms with E-state index >= 15 is 0 Å². The van der Waals surface area contributed by atoms with Crippen molar-refractivity contribution in [3.63, 3.8) is 0 Å². The van der Waals surface area contributed by atoms with Crippen LogP contribution >= 0.6 is 0 Å². The largest absolute Gasteiger partial charge is 0.468 e. The van der Waals surface area contributed by atoms with Crippen LogP contribution in [-0.2, 0) is 14.3 Å². The normalized spacial score (nSPS) is 14.2. The lowest BCUT2D eigenvalue weighted by atomic mass is 10.0. The lowest BCUT2D eigenvalue weighted by Gasteiger charge is -2.20. The molecule has 21 heavy (non-hydrogen) atoms. The molecule has 0 aliphatic carbocycles. The predicted octanol–water partition coefficient (Wildman–Crippen LogP) is 2.12. The Morgan fingerprint density at radius 2 is 1.95 bits per heavy atom. The van der Waals surface area contributed by atoms with Gasteiger partial charge < -0.3 is 19.9 Å². The monoisotopic (exact) mass is 303 g/mol. The zero-order chi connectivity index (χ0) is 16.1. The summed E-state index contributed by atoms with van der Waals surface area (Å²) in [6, 6.07) is -0.366. The van der Waals surface area contributed by atoms with E-state index in [0.29, 0.717) is 32.1 Å². The van der Waals surface area contributed by atoms with E-state index in [1.165, 1.54) is 26.4 Å². The van der Waals surface area contributed by atoms with E-state index in [-0.39, 0.29) is 12.0 Å². The van der Waals surface area contributed by atoms with Crippen molar-refractivity contribution in [1.29, 1.82) is 0 Å². The van der Waals surface area contributed by atoms with Gasteiger partial charge in [0.2, 0.25) is 0 Å². The Morgan fingerprint density at radius 1 is 1.24 bits per heavy atom. The molecule has 2 atom stereocenters. The van der Waals surface area contributed by atoms with Crippen molar-refractivity contribution in [1.82, 2.24) is 5.32 Å². The summed E-state index contributed by atoms with van der Waals surface area (Å²) >= 11 is 0. The summed E-state index contributed by atoms with van der Waals surface area (Å²) in [5, 5.41) is 12.9. The summed E-state index contributed by atoms with van der Waals surface area (Å²) in [6.07, 6.45) is 4.73. The molecule has 0 aromatic heterocycles. The predicted molar refractivity (Wildman–Crippen MR) is 84.2 cm³/mol. The highest BCUT2D eigenvalue weighted by molar-refractivity contribution is 5.75. The third kappa shape index (κ3) is 11.7. The van der Waals surface area contributed by atoms with Gasteiger partial charge in [-0.15, -0.1) is 0 Å². The molecule has 126 valence electrons. The van der Waals surface area contributed by atoms with Crippen molar-refractivity contribution >= 4 is 5.97 Å². The molecule has 0 saturated carbocycles. The number of carbonyl (C=O) groups is 1. The van der Waals surface area contributed by atoms with Crippen LogP contribution in [0.5, 0.6) is 0 Å². The van der Waals surface area contributed by atoms with Crippen LogP contribution in [0.3, 0.4) is 0 Å². The summed E-state index contributed by atoms with van der Waals surface area (Å²) in [7, 11) is 1.38. The highest BCUT2D eigenvalue weighted by atomic mass is 16.5. The van der Waals surface area contributed by atoms with Crippen LogP contribution in [-0.4, -0.2) is 50.1 Å². The van der Waals surface area contributed by atoms with Gasteiger partial charge in [0.25, 0.3) is 0 Å². The minimum Gasteiger partial charge on any atom is -0.468 e. The van der Waals surface area contributed by atoms with Crippen LogP contribution in [0.15, 0.2) is 0 Å². The third-order valence-electron chi connectivity index (χ3n) is 3.25. The van der Waals surface area contributed by atoms with Crippen LogP contribution in [0.25, 0.3) is 0 Å². The zero-order valence-electron chi connectivity index (χ0n) is 14.1. The Bertz CT molecular complexity index is 259. The van der Waals surface area contributed by atoms with Crippen molar-refractivity contribution in [2.45, 2.75) is 65.0 Å². The summed E-state index contributed by atoms with van der Waals surface area (Å²) in [4.78, 5) is 11.6. The van der Waals surface area contributed by atoms with Crippen LogP contribution in [0.4, 0.5) is 0 Å². The van der Waals surface area contributed by atoms with E-state index in [1.54, 1.807) is 0 Å². The second-order valence-corrected chi connectivity index (χ2v) is 5.90. The van der Waals surface area contributed by atoms with E-state index in [1.807, 2.05) is 13.8 Å². The molecule has 0 amide bonds. The maximum absolute atomic E-state index is 11.6. The summed E-state index contributed by atoms with van der Waals surface area (Å²) in [6.45, 7) is 7.59. The van der Waals surface area contributed by atoms with E-state index in [0.717, 1.165) is 6.42 Å². The first-order valence-electron chi connectivity index (χ1n) is 8.08. The number of aliphatic hydroxyl groups is 1. The molecule has 0 heterocycles. The van der Waals surface area contributed by atoms with E-state index in [2.05, 4.69) is 12.2 Å². The fourth-order valence-corrected chi connectivity index (χ4v) is 2.06. The van der Waals surface area contributed by atoms with E-state index in [9.17, 15) is 9.90 Å². The molecule has 0 aliphatic rings. The number of unbranched alkanes of at least 4 members (excludes halogenated alkanes) is 3. The van der Waals surface area contributed by atoms with Gasteiger partial charge in [0.15, 0.2) is 0 Å². The highest BCUT2D eigenvalue weighted by Gasteiger charge is 2.20. The molecule has 0 radical (unpaired) electrons. The molecule has 0 fully saturated rings. The molecule has 0 spiro atoms. The molecule has 0 saturated heterocycles. The average molecular weight is 303 g/mol. The van der Waals surface area contributed by atoms with Crippen LogP contribution in [0.1, 0.15) is 52.9 Å². The number of hydrogen-bond donors (Lipinski definition) is 2. The maximum Gasteiger partial charge on any atom is 0.322 e.